The maximum Gasteiger partial charge on any atom is 0.317 e. The molecule has 0 spiro atoms. The molecule has 0 aromatic heterocycles. The summed E-state index contributed by atoms with van der Waals surface area (Å²) in [5.74, 6) is 0.463. The number of nitrogens with zero attached hydrogens (tertiary/aromatic N) is 2. The molecule has 0 aliphatic carbocycles. The topological polar surface area (TPSA) is 35.6 Å². The van der Waals surface area contributed by atoms with Crippen molar-refractivity contribution in [3.63, 3.8) is 0 Å². The van der Waals surface area contributed by atoms with E-state index in [2.05, 4.69) is 55.3 Å². The molecule has 20 heavy (non-hydrogen) atoms. The van der Waals surface area contributed by atoms with Crippen LogP contribution in [0.1, 0.15) is 20.8 Å². The molecule has 2 amide bonds. The van der Waals surface area contributed by atoms with E-state index in [1.807, 2.05) is 11.0 Å². The van der Waals surface area contributed by atoms with Gasteiger partial charge in [-0.25, -0.2) is 4.79 Å². The number of piperazine rings is 1. The fourth-order valence-corrected chi connectivity index (χ4v) is 2.26. The lowest BCUT2D eigenvalue weighted by molar-refractivity contribution is 0.188. The van der Waals surface area contributed by atoms with Gasteiger partial charge in [0, 0.05) is 37.9 Å². The van der Waals surface area contributed by atoms with Crippen LogP contribution in [0.4, 0.5) is 10.5 Å². The quantitative estimate of drug-likeness (QED) is 0.920. The standard InChI is InChI=1S/C16H25N3O/c1-13(2)14(3)17-16(20)19-11-9-18(10-12-19)15-7-5-4-6-8-15/h4-8,13-14H,9-12H2,1-3H3,(H,17,20). The number of rotatable bonds is 3. The monoisotopic (exact) mass is 275 g/mol. The maximum absolute atomic E-state index is 12.2. The Morgan fingerprint density at radius 3 is 2.20 bits per heavy atom. The van der Waals surface area contributed by atoms with E-state index in [0.29, 0.717) is 5.92 Å². The van der Waals surface area contributed by atoms with Gasteiger partial charge in [0.25, 0.3) is 0 Å². The number of para-hydroxylation sites is 1. The van der Waals surface area contributed by atoms with E-state index in [9.17, 15) is 4.79 Å². The van der Waals surface area contributed by atoms with Crippen molar-refractivity contribution in [3.8, 4) is 0 Å². The smallest absolute Gasteiger partial charge is 0.317 e. The number of nitrogens with one attached hydrogen (secondary N) is 1. The largest absolute Gasteiger partial charge is 0.368 e. The Labute approximate surface area is 121 Å². The Morgan fingerprint density at radius 2 is 1.65 bits per heavy atom. The molecule has 1 saturated heterocycles. The molecule has 1 fully saturated rings. The van der Waals surface area contributed by atoms with Crippen molar-refractivity contribution in [1.29, 1.82) is 0 Å². The maximum atomic E-state index is 12.2. The first kappa shape index (κ1) is 14.7. The van der Waals surface area contributed by atoms with Gasteiger partial charge in [-0.05, 0) is 25.0 Å². The lowest BCUT2D eigenvalue weighted by atomic mass is 10.1. The van der Waals surface area contributed by atoms with Crippen LogP contribution in [0.3, 0.4) is 0 Å². The highest BCUT2D eigenvalue weighted by Crippen LogP contribution is 2.15. The normalized spacial score (nSPS) is 17.2. The van der Waals surface area contributed by atoms with Crippen molar-refractivity contribution in [1.82, 2.24) is 10.2 Å². The van der Waals surface area contributed by atoms with Gasteiger partial charge < -0.3 is 15.1 Å². The summed E-state index contributed by atoms with van der Waals surface area (Å²) in [4.78, 5) is 16.4. The Kier molecular flexibility index (Phi) is 4.88. The summed E-state index contributed by atoms with van der Waals surface area (Å²) in [5.41, 5.74) is 1.24. The first-order chi connectivity index (χ1) is 9.58. The zero-order valence-corrected chi connectivity index (χ0v) is 12.7. The van der Waals surface area contributed by atoms with Crippen LogP contribution in [-0.4, -0.2) is 43.2 Å². The van der Waals surface area contributed by atoms with Crippen LogP contribution in [-0.2, 0) is 0 Å². The molecule has 1 heterocycles. The van der Waals surface area contributed by atoms with Crippen LogP contribution in [0.25, 0.3) is 0 Å². The molecule has 0 radical (unpaired) electrons. The van der Waals surface area contributed by atoms with Crippen molar-refractivity contribution < 1.29 is 4.79 Å². The highest BCUT2D eigenvalue weighted by molar-refractivity contribution is 5.74. The molecule has 0 saturated carbocycles. The van der Waals surface area contributed by atoms with Gasteiger partial charge in [-0.15, -0.1) is 0 Å². The van der Waals surface area contributed by atoms with Crippen LogP contribution in [0.15, 0.2) is 30.3 Å². The van der Waals surface area contributed by atoms with E-state index >= 15 is 0 Å². The molecule has 1 aromatic carbocycles. The van der Waals surface area contributed by atoms with Gasteiger partial charge in [-0.1, -0.05) is 32.0 Å². The van der Waals surface area contributed by atoms with Crippen molar-refractivity contribution in [2.24, 2.45) is 5.92 Å². The average Bonchev–Trinajstić information content (AvgIpc) is 2.48. The van der Waals surface area contributed by atoms with Crippen molar-refractivity contribution in [3.05, 3.63) is 30.3 Å². The fourth-order valence-electron chi connectivity index (χ4n) is 2.26. The molecule has 0 bridgehead atoms. The Morgan fingerprint density at radius 1 is 1.05 bits per heavy atom. The first-order valence-electron chi connectivity index (χ1n) is 7.43. The third-order valence-electron chi connectivity index (χ3n) is 4.04. The third-order valence-corrected chi connectivity index (χ3v) is 4.04. The van der Waals surface area contributed by atoms with Gasteiger partial charge in [0.15, 0.2) is 0 Å². The number of hydrogen-bond acceptors (Lipinski definition) is 2. The van der Waals surface area contributed by atoms with Gasteiger partial charge in [0.2, 0.25) is 0 Å². The van der Waals surface area contributed by atoms with Gasteiger partial charge in [-0.3, -0.25) is 0 Å². The lowest BCUT2D eigenvalue weighted by Gasteiger charge is -2.36. The molecule has 1 atom stereocenters. The van der Waals surface area contributed by atoms with E-state index < -0.39 is 0 Å². The molecule has 110 valence electrons. The minimum Gasteiger partial charge on any atom is -0.368 e. The average molecular weight is 275 g/mol. The summed E-state index contributed by atoms with van der Waals surface area (Å²) < 4.78 is 0. The zero-order chi connectivity index (χ0) is 14.5. The molecule has 1 aromatic rings. The molecule has 1 aliphatic rings. The minimum absolute atomic E-state index is 0.0684. The second kappa shape index (κ2) is 6.64. The summed E-state index contributed by atoms with van der Waals surface area (Å²) in [6.45, 7) is 9.66. The second-order valence-corrected chi connectivity index (χ2v) is 5.79. The van der Waals surface area contributed by atoms with Gasteiger partial charge >= 0.3 is 6.03 Å². The van der Waals surface area contributed by atoms with E-state index in [0.717, 1.165) is 26.2 Å². The highest BCUT2D eigenvalue weighted by atomic mass is 16.2. The van der Waals surface area contributed by atoms with Crippen molar-refractivity contribution in [2.45, 2.75) is 26.8 Å². The Hall–Kier alpha value is -1.71. The van der Waals surface area contributed by atoms with Crippen molar-refractivity contribution in [2.75, 3.05) is 31.1 Å². The summed E-state index contributed by atoms with van der Waals surface area (Å²) in [6, 6.07) is 10.7. The van der Waals surface area contributed by atoms with E-state index in [-0.39, 0.29) is 12.1 Å². The molecule has 4 heteroatoms. The van der Waals surface area contributed by atoms with Crippen LogP contribution < -0.4 is 10.2 Å². The second-order valence-electron chi connectivity index (χ2n) is 5.79. The van der Waals surface area contributed by atoms with Crippen LogP contribution in [0, 0.1) is 5.92 Å². The molecular weight excluding hydrogens is 250 g/mol. The van der Waals surface area contributed by atoms with E-state index in [1.165, 1.54) is 5.69 Å². The van der Waals surface area contributed by atoms with E-state index in [1.54, 1.807) is 0 Å². The van der Waals surface area contributed by atoms with Crippen molar-refractivity contribution >= 4 is 11.7 Å². The Bertz CT molecular complexity index is 425. The molecular formula is C16H25N3O. The summed E-state index contributed by atoms with van der Waals surface area (Å²) in [5, 5.41) is 3.07. The van der Waals surface area contributed by atoms with Gasteiger partial charge in [-0.2, -0.15) is 0 Å². The molecule has 1 aliphatic heterocycles. The number of hydrogen-bond donors (Lipinski definition) is 1. The van der Waals surface area contributed by atoms with E-state index in [4.69, 9.17) is 0 Å². The van der Waals surface area contributed by atoms with Gasteiger partial charge in [0.1, 0.15) is 0 Å². The predicted molar refractivity (Wildman–Crippen MR) is 83.1 cm³/mol. The molecule has 1 unspecified atom stereocenters. The lowest BCUT2D eigenvalue weighted by Crippen LogP contribution is -2.53. The molecule has 2 rings (SSSR count). The predicted octanol–water partition coefficient (Wildman–Crippen LogP) is 2.56. The number of urea groups is 1. The number of anilines is 1. The Balaban J connectivity index is 1.84. The third kappa shape index (κ3) is 3.65. The van der Waals surface area contributed by atoms with Crippen LogP contribution >= 0.6 is 0 Å². The molecule has 1 N–H and O–H groups in total. The zero-order valence-electron chi connectivity index (χ0n) is 12.7. The summed E-state index contributed by atoms with van der Waals surface area (Å²) in [7, 11) is 0. The number of carbonyl (C=O) groups is 1. The van der Waals surface area contributed by atoms with Crippen LogP contribution in [0.5, 0.6) is 0 Å². The highest BCUT2D eigenvalue weighted by Gasteiger charge is 2.22. The SMILES string of the molecule is CC(C)C(C)NC(=O)N1CCN(c2ccccc2)CC1. The van der Waals surface area contributed by atoms with Gasteiger partial charge in [0.05, 0.1) is 0 Å². The molecule has 4 nitrogen and oxygen atoms in total. The number of benzene rings is 1. The summed E-state index contributed by atoms with van der Waals surface area (Å²) in [6.07, 6.45) is 0. The number of carbonyl (C=O) groups excluding carboxylic acids is 1. The minimum atomic E-state index is 0.0684. The number of amides is 2. The van der Waals surface area contributed by atoms with Crippen LogP contribution in [0.2, 0.25) is 0 Å². The summed E-state index contributed by atoms with van der Waals surface area (Å²) >= 11 is 0. The first-order valence-corrected chi connectivity index (χ1v) is 7.43. The fraction of sp³-hybridized carbons (Fsp3) is 0.562.